The molecule has 2 heterocycles. The summed E-state index contributed by atoms with van der Waals surface area (Å²) in [6, 6.07) is 9.56. The summed E-state index contributed by atoms with van der Waals surface area (Å²) < 4.78 is 0. The monoisotopic (exact) mass is 394 g/mol. The van der Waals surface area contributed by atoms with E-state index < -0.39 is 0 Å². The molecule has 1 aliphatic heterocycles. The lowest BCUT2D eigenvalue weighted by Crippen LogP contribution is -2.32. The van der Waals surface area contributed by atoms with Crippen LogP contribution in [0.4, 0.5) is 11.4 Å². The summed E-state index contributed by atoms with van der Waals surface area (Å²) in [7, 11) is 0. The number of carbonyl (C=O) groups excluding carboxylic acids is 2. The molecule has 0 spiro atoms. The van der Waals surface area contributed by atoms with Gasteiger partial charge in [-0.3, -0.25) is 14.6 Å². The molecule has 1 saturated heterocycles. The van der Waals surface area contributed by atoms with E-state index in [1.54, 1.807) is 6.07 Å². The number of hydrogen-bond acceptors (Lipinski definition) is 4. The van der Waals surface area contributed by atoms with Crippen LogP contribution in [0, 0.1) is 5.92 Å². The predicted octanol–water partition coefficient (Wildman–Crippen LogP) is 4.10. The van der Waals surface area contributed by atoms with Gasteiger partial charge < -0.3 is 15.5 Å². The maximum atomic E-state index is 12.6. The Morgan fingerprint density at radius 2 is 1.72 bits per heavy atom. The minimum absolute atomic E-state index is 0.0709. The molecule has 1 fully saturated rings. The van der Waals surface area contributed by atoms with Crippen LogP contribution in [0.2, 0.25) is 0 Å². The van der Waals surface area contributed by atoms with E-state index in [0.717, 1.165) is 31.1 Å². The zero-order valence-corrected chi connectivity index (χ0v) is 17.4. The van der Waals surface area contributed by atoms with Crippen molar-refractivity contribution in [2.45, 2.75) is 46.1 Å². The SMILES string of the molecule is CCC(C)NC(=O)c1cncc(C(=O)Nc2ccc(N3CCC(C)CC3)cc2)c1. The summed E-state index contributed by atoms with van der Waals surface area (Å²) in [6.07, 6.45) is 6.21. The third-order valence-corrected chi connectivity index (χ3v) is 5.53. The molecular weight excluding hydrogens is 364 g/mol. The van der Waals surface area contributed by atoms with E-state index in [4.69, 9.17) is 0 Å². The van der Waals surface area contributed by atoms with E-state index in [-0.39, 0.29) is 17.9 Å². The number of nitrogens with one attached hydrogen (secondary N) is 2. The molecule has 154 valence electrons. The third-order valence-electron chi connectivity index (χ3n) is 5.53. The van der Waals surface area contributed by atoms with Gasteiger partial charge in [-0.2, -0.15) is 0 Å². The van der Waals surface area contributed by atoms with Gasteiger partial charge in [0.15, 0.2) is 0 Å². The summed E-state index contributed by atoms with van der Waals surface area (Å²) in [5, 5.41) is 5.77. The lowest BCUT2D eigenvalue weighted by molar-refractivity contribution is 0.0939. The van der Waals surface area contributed by atoms with Crippen molar-refractivity contribution in [3.05, 3.63) is 53.9 Å². The van der Waals surface area contributed by atoms with Crippen LogP contribution in [0.25, 0.3) is 0 Å². The van der Waals surface area contributed by atoms with Gasteiger partial charge in [-0.25, -0.2) is 0 Å². The van der Waals surface area contributed by atoms with Crippen molar-refractivity contribution in [2.24, 2.45) is 5.92 Å². The Bertz CT molecular complexity index is 842. The Kier molecular flexibility index (Phi) is 6.86. The van der Waals surface area contributed by atoms with E-state index in [1.807, 2.05) is 38.1 Å². The molecule has 6 heteroatoms. The number of nitrogens with zero attached hydrogens (tertiary/aromatic N) is 2. The van der Waals surface area contributed by atoms with Crippen molar-refractivity contribution in [1.82, 2.24) is 10.3 Å². The van der Waals surface area contributed by atoms with Crippen LogP contribution in [-0.4, -0.2) is 35.9 Å². The number of rotatable bonds is 6. The Morgan fingerprint density at radius 1 is 1.10 bits per heavy atom. The number of anilines is 2. The molecule has 0 radical (unpaired) electrons. The summed E-state index contributed by atoms with van der Waals surface area (Å²) in [4.78, 5) is 31.3. The van der Waals surface area contributed by atoms with Gasteiger partial charge in [0.05, 0.1) is 11.1 Å². The quantitative estimate of drug-likeness (QED) is 0.774. The van der Waals surface area contributed by atoms with Crippen molar-refractivity contribution >= 4 is 23.2 Å². The van der Waals surface area contributed by atoms with Gasteiger partial charge in [0.25, 0.3) is 11.8 Å². The summed E-state index contributed by atoms with van der Waals surface area (Å²) in [5.74, 6) is 0.290. The second-order valence-electron chi connectivity index (χ2n) is 7.92. The van der Waals surface area contributed by atoms with Gasteiger partial charge in [-0.05, 0) is 62.4 Å². The summed E-state index contributed by atoms with van der Waals surface area (Å²) >= 11 is 0. The maximum absolute atomic E-state index is 12.6. The molecule has 0 bridgehead atoms. The fraction of sp³-hybridized carbons (Fsp3) is 0.435. The second kappa shape index (κ2) is 9.54. The van der Waals surface area contributed by atoms with Crippen LogP contribution in [0.1, 0.15) is 60.7 Å². The Balaban J connectivity index is 1.63. The smallest absolute Gasteiger partial charge is 0.257 e. The molecule has 3 rings (SSSR count). The molecular formula is C23H30N4O2. The van der Waals surface area contributed by atoms with Crippen molar-refractivity contribution in [3.8, 4) is 0 Å². The number of carbonyl (C=O) groups is 2. The highest BCUT2D eigenvalue weighted by Gasteiger charge is 2.16. The average molecular weight is 395 g/mol. The first-order valence-corrected chi connectivity index (χ1v) is 10.4. The third kappa shape index (κ3) is 5.56. The highest BCUT2D eigenvalue weighted by Crippen LogP contribution is 2.24. The Labute approximate surface area is 172 Å². The van der Waals surface area contributed by atoms with E-state index in [9.17, 15) is 9.59 Å². The van der Waals surface area contributed by atoms with Gasteiger partial charge in [-0.1, -0.05) is 13.8 Å². The Hall–Kier alpha value is -2.89. The maximum Gasteiger partial charge on any atom is 0.257 e. The van der Waals surface area contributed by atoms with Gasteiger partial charge in [0, 0.05) is 42.9 Å². The average Bonchev–Trinajstić information content (AvgIpc) is 2.75. The first kappa shape index (κ1) is 20.8. The van der Waals surface area contributed by atoms with Crippen LogP contribution in [-0.2, 0) is 0 Å². The van der Waals surface area contributed by atoms with E-state index in [0.29, 0.717) is 11.1 Å². The van der Waals surface area contributed by atoms with Crippen molar-refractivity contribution in [2.75, 3.05) is 23.3 Å². The second-order valence-corrected chi connectivity index (χ2v) is 7.92. The van der Waals surface area contributed by atoms with E-state index in [2.05, 4.69) is 27.4 Å². The molecule has 1 atom stereocenters. The standard InChI is InChI=1S/C23H30N4O2/c1-4-17(3)25-22(28)18-13-19(15-24-14-18)23(29)26-20-5-7-21(8-6-20)27-11-9-16(2)10-12-27/h5-8,13-17H,4,9-12H2,1-3H3,(H,25,28)(H,26,29). The zero-order valence-electron chi connectivity index (χ0n) is 17.4. The van der Waals surface area contributed by atoms with Crippen LogP contribution in [0.3, 0.4) is 0 Å². The predicted molar refractivity (Wildman–Crippen MR) is 116 cm³/mol. The van der Waals surface area contributed by atoms with E-state index in [1.165, 1.54) is 30.9 Å². The molecule has 1 unspecified atom stereocenters. The van der Waals surface area contributed by atoms with Crippen molar-refractivity contribution in [3.63, 3.8) is 0 Å². The number of piperidine rings is 1. The minimum atomic E-state index is -0.282. The number of pyridine rings is 1. The zero-order chi connectivity index (χ0) is 20.8. The lowest BCUT2D eigenvalue weighted by atomic mass is 9.99. The Morgan fingerprint density at radius 3 is 2.34 bits per heavy atom. The van der Waals surface area contributed by atoms with Crippen LogP contribution >= 0.6 is 0 Å². The fourth-order valence-corrected chi connectivity index (χ4v) is 3.32. The summed E-state index contributed by atoms with van der Waals surface area (Å²) in [5.41, 5.74) is 2.64. The van der Waals surface area contributed by atoms with Gasteiger partial charge >= 0.3 is 0 Å². The largest absolute Gasteiger partial charge is 0.372 e. The number of aromatic nitrogens is 1. The molecule has 0 saturated carbocycles. The molecule has 1 aromatic heterocycles. The fourth-order valence-electron chi connectivity index (χ4n) is 3.32. The molecule has 1 aliphatic rings. The van der Waals surface area contributed by atoms with Crippen LogP contribution in [0.15, 0.2) is 42.7 Å². The topological polar surface area (TPSA) is 74.3 Å². The number of amides is 2. The van der Waals surface area contributed by atoms with Crippen molar-refractivity contribution in [1.29, 1.82) is 0 Å². The number of hydrogen-bond donors (Lipinski definition) is 2. The van der Waals surface area contributed by atoms with Crippen LogP contribution < -0.4 is 15.5 Å². The minimum Gasteiger partial charge on any atom is -0.372 e. The van der Waals surface area contributed by atoms with Gasteiger partial charge in [0.2, 0.25) is 0 Å². The molecule has 2 amide bonds. The van der Waals surface area contributed by atoms with Gasteiger partial charge in [-0.15, -0.1) is 0 Å². The highest BCUT2D eigenvalue weighted by molar-refractivity contribution is 6.05. The molecule has 1 aromatic carbocycles. The van der Waals surface area contributed by atoms with Gasteiger partial charge in [0.1, 0.15) is 0 Å². The van der Waals surface area contributed by atoms with Crippen molar-refractivity contribution < 1.29 is 9.59 Å². The lowest BCUT2D eigenvalue weighted by Gasteiger charge is -2.32. The van der Waals surface area contributed by atoms with E-state index >= 15 is 0 Å². The molecule has 29 heavy (non-hydrogen) atoms. The summed E-state index contributed by atoms with van der Waals surface area (Å²) in [6.45, 7) is 8.39. The first-order chi connectivity index (χ1) is 14.0. The van der Waals surface area contributed by atoms with Crippen LogP contribution in [0.5, 0.6) is 0 Å². The molecule has 0 aliphatic carbocycles. The normalized spacial score (nSPS) is 15.6. The highest BCUT2D eigenvalue weighted by atomic mass is 16.2. The number of benzene rings is 1. The first-order valence-electron chi connectivity index (χ1n) is 10.4. The molecule has 6 nitrogen and oxygen atoms in total. The molecule has 2 N–H and O–H groups in total. The molecule has 2 aromatic rings.